The van der Waals surface area contributed by atoms with Crippen molar-refractivity contribution in [1.29, 1.82) is 0 Å². The van der Waals surface area contributed by atoms with Crippen molar-refractivity contribution in [2.45, 2.75) is 6.04 Å². The van der Waals surface area contributed by atoms with Gasteiger partial charge in [0.1, 0.15) is 12.3 Å². The normalized spacial score (nSPS) is 20.0. The Morgan fingerprint density at radius 3 is 2.83 bits per heavy atom. The first-order valence-electron chi connectivity index (χ1n) is 3.68. The van der Waals surface area contributed by atoms with Crippen LogP contribution in [0.3, 0.4) is 0 Å². The zero-order valence-electron chi connectivity index (χ0n) is 6.28. The van der Waals surface area contributed by atoms with Crippen molar-refractivity contribution in [3.05, 3.63) is 35.4 Å². The van der Waals surface area contributed by atoms with Crippen LogP contribution >= 0.6 is 0 Å². The molecule has 1 amide bonds. The lowest BCUT2D eigenvalue weighted by Crippen LogP contribution is -2.19. The van der Waals surface area contributed by atoms with Crippen molar-refractivity contribution >= 4 is 12.2 Å². The molecule has 1 atom stereocenters. The van der Waals surface area contributed by atoms with Gasteiger partial charge >= 0.3 is 0 Å². The van der Waals surface area contributed by atoms with Crippen LogP contribution in [0.2, 0.25) is 0 Å². The quantitative estimate of drug-likeness (QED) is 0.615. The fourth-order valence-corrected chi connectivity index (χ4v) is 1.38. The second-order valence-electron chi connectivity index (χ2n) is 2.67. The van der Waals surface area contributed by atoms with Crippen molar-refractivity contribution < 1.29 is 9.59 Å². The standard InChI is InChI=1S/C9H7NO2/c11-5-8-6-3-1-2-4-7(6)9(12)10-8/h1-5,8H,(H,10,12). The molecule has 1 aliphatic rings. The summed E-state index contributed by atoms with van der Waals surface area (Å²) in [5, 5.41) is 2.56. The number of rotatable bonds is 1. The summed E-state index contributed by atoms with van der Waals surface area (Å²) in [6.45, 7) is 0. The Kier molecular flexibility index (Phi) is 1.43. The Morgan fingerprint density at radius 1 is 1.33 bits per heavy atom. The van der Waals surface area contributed by atoms with Gasteiger partial charge in [0, 0.05) is 5.56 Å². The second-order valence-corrected chi connectivity index (χ2v) is 2.67. The molecule has 1 heterocycles. The van der Waals surface area contributed by atoms with Gasteiger partial charge < -0.3 is 10.1 Å². The first-order valence-corrected chi connectivity index (χ1v) is 3.68. The highest BCUT2D eigenvalue weighted by Gasteiger charge is 2.26. The van der Waals surface area contributed by atoms with Crippen LogP contribution in [0.4, 0.5) is 0 Å². The van der Waals surface area contributed by atoms with E-state index < -0.39 is 6.04 Å². The molecule has 0 aliphatic carbocycles. The van der Waals surface area contributed by atoms with Gasteiger partial charge in [0.15, 0.2) is 0 Å². The third kappa shape index (κ3) is 0.830. The predicted molar refractivity (Wildman–Crippen MR) is 42.7 cm³/mol. The third-order valence-corrected chi connectivity index (χ3v) is 1.96. The molecule has 12 heavy (non-hydrogen) atoms. The highest BCUT2D eigenvalue weighted by atomic mass is 16.2. The molecule has 3 heteroatoms. The maximum Gasteiger partial charge on any atom is 0.252 e. The monoisotopic (exact) mass is 161 g/mol. The number of nitrogens with one attached hydrogen (secondary N) is 1. The van der Waals surface area contributed by atoms with Gasteiger partial charge in [-0.3, -0.25) is 4.79 Å². The molecule has 1 aromatic carbocycles. The van der Waals surface area contributed by atoms with Crippen LogP contribution in [-0.4, -0.2) is 12.2 Å². The lowest BCUT2D eigenvalue weighted by Gasteiger charge is -1.99. The van der Waals surface area contributed by atoms with Gasteiger partial charge in [-0.1, -0.05) is 18.2 Å². The number of aldehydes is 1. The molecule has 0 saturated heterocycles. The lowest BCUT2D eigenvalue weighted by molar-refractivity contribution is -0.109. The molecule has 0 fully saturated rings. The molecular formula is C9H7NO2. The third-order valence-electron chi connectivity index (χ3n) is 1.96. The molecule has 3 nitrogen and oxygen atoms in total. The molecular weight excluding hydrogens is 154 g/mol. The van der Waals surface area contributed by atoms with Gasteiger partial charge in [0.2, 0.25) is 0 Å². The van der Waals surface area contributed by atoms with Crippen molar-refractivity contribution in [1.82, 2.24) is 5.32 Å². The Balaban J connectivity index is 2.57. The molecule has 0 saturated carbocycles. The van der Waals surface area contributed by atoms with Crippen LogP contribution in [0.1, 0.15) is 22.0 Å². The van der Waals surface area contributed by atoms with Crippen molar-refractivity contribution in [3.63, 3.8) is 0 Å². The molecule has 0 spiro atoms. The second kappa shape index (κ2) is 2.44. The highest BCUT2D eigenvalue weighted by Crippen LogP contribution is 2.22. The molecule has 1 unspecified atom stereocenters. The summed E-state index contributed by atoms with van der Waals surface area (Å²) in [5.41, 5.74) is 1.38. The van der Waals surface area contributed by atoms with Gasteiger partial charge in [-0.2, -0.15) is 0 Å². The Bertz CT molecular complexity index is 346. The zero-order valence-corrected chi connectivity index (χ0v) is 6.28. The number of fused-ring (bicyclic) bond motifs is 1. The van der Waals surface area contributed by atoms with E-state index in [0.717, 1.165) is 11.8 Å². The van der Waals surface area contributed by atoms with Crippen molar-refractivity contribution in [2.75, 3.05) is 0 Å². The van der Waals surface area contributed by atoms with Gasteiger partial charge in [-0.15, -0.1) is 0 Å². The van der Waals surface area contributed by atoms with Gasteiger partial charge in [0.25, 0.3) is 5.91 Å². The SMILES string of the molecule is O=CC1NC(=O)c2ccccc21. The van der Waals surface area contributed by atoms with E-state index in [1.54, 1.807) is 18.2 Å². The number of benzene rings is 1. The number of hydrogen-bond acceptors (Lipinski definition) is 2. The maximum atomic E-state index is 11.2. The van der Waals surface area contributed by atoms with Crippen LogP contribution in [0.25, 0.3) is 0 Å². The van der Waals surface area contributed by atoms with E-state index in [4.69, 9.17) is 0 Å². The summed E-state index contributed by atoms with van der Waals surface area (Å²) in [4.78, 5) is 21.7. The van der Waals surface area contributed by atoms with Gasteiger partial charge in [-0.25, -0.2) is 0 Å². The Hall–Kier alpha value is -1.64. The number of carbonyl (C=O) groups excluding carboxylic acids is 2. The lowest BCUT2D eigenvalue weighted by atomic mass is 10.1. The Morgan fingerprint density at radius 2 is 2.08 bits per heavy atom. The molecule has 0 aromatic heterocycles. The summed E-state index contributed by atoms with van der Waals surface area (Å²) in [5.74, 6) is -0.164. The zero-order chi connectivity index (χ0) is 8.55. The van der Waals surface area contributed by atoms with Crippen LogP contribution in [0.15, 0.2) is 24.3 Å². The van der Waals surface area contributed by atoms with Crippen molar-refractivity contribution in [2.24, 2.45) is 0 Å². The minimum absolute atomic E-state index is 0.164. The van der Waals surface area contributed by atoms with Crippen LogP contribution in [0.5, 0.6) is 0 Å². The predicted octanol–water partition coefficient (Wildman–Crippen LogP) is 0.670. The maximum absolute atomic E-state index is 11.2. The summed E-state index contributed by atoms with van der Waals surface area (Å²) >= 11 is 0. The molecule has 1 aliphatic heterocycles. The molecule has 60 valence electrons. The summed E-state index contributed by atoms with van der Waals surface area (Å²) in [6.07, 6.45) is 0.740. The highest BCUT2D eigenvalue weighted by molar-refractivity contribution is 6.01. The largest absolute Gasteiger partial charge is 0.338 e. The van der Waals surface area contributed by atoms with E-state index in [1.165, 1.54) is 0 Å². The van der Waals surface area contributed by atoms with E-state index in [1.807, 2.05) is 6.07 Å². The van der Waals surface area contributed by atoms with E-state index >= 15 is 0 Å². The molecule has 1 aromatic rings. The fraction of sp³-hybridized carbons (Fsp3) is 0.111. The summed E-state index contributed by atoms with van der Waals surface area (Å²) < 4.78 is 0. The van der Waals surface area contributed by atoms with Crippen LogP contribution in [-0.2, 0) is 4.79 Å². The topological polar surface area (TPSA) is 46.2 Å². The average molecular weight is 161 g/mol. The first-order chi connectivity index (χ1) is 5.83. The van der Waals surface area contributed by atoms with Crippen molar-refractivity contribution in [3.8, 4) is 0 Å². The molecule has 2 rings (SSSR count). The van der Waals surface area contributed by atoms with E-state index in [9.17, 15) is 9.59 Å². The van der Waals surface area contributed by atoms with Gasteiger partial charge in [0.05, 0.1) is 0 Å². The van der Waals surface area contributed by atoms with Crippen LogP contribution < -0.4 is 5.32 Å². The van der Waals surface area contributed by atoms with E-state index in [0.29, 0.717) is 5.56 Å². The minimum Gasteiger partial charge on any atom is -0.338 e. The molecule has 0 bridgehead atoms. The Labute approximate surface area is 69.4 Å². The molecule has 0 radical (unpaired) electrons. The molecule has 1 N–H and O–H groups in total. The fourth-order valence-electron chi connectivity index (χ4n) is 1.38. The number of hydrogen-bond donors (Lipinski definition) is 1. The average Bonchev–Trinajstić information content (AvgIpc) is 2.44. The van der Waals surface area contributed by atoms with Gasteiger partial charge in [-0.05, 0) is 11.6 Å². The van der Waals surface area contributed by atoms with E-state index in [2.05, 4.69) is 5.32 Å². The van der Waals surface area contributed by atoms with Crippen LogP contribution in [0, 0.1) is 0 Å². The number of carbonyl (C=O) groups is 2. The first kappa shape index (κ1) is 7.03. The smallest absolute Gasteiger partial charge is 0.252 e. The number of amides is 1. The minimum atomic E-state index is -0.450. The summed E-state index contributed by atoms with van der Waals surface area (Å²) in [7, 11) is 0. The summed E-state index contributed by atoms with van der Waals surface area (Å²) in [6, 6.07) is 6.65. The van der Waals surface area contributed by atoms with E-state index in [-0.39, 0.29) is 5.91 Å².